The first-order valence-electron chi connectivity index (χ1n) is 5.62. The summed E-state index contributed by atoms with van der Waals surface area (Å²) in [7, 11) is 0. The molecule has 2 aromatic carbocycles. The summed E-state index contributed by atoms with van der Waals surface area (Å²) in [6, 6.07) is 11.4. The Hall–Kier alpha value is -2.33. The van der Waals surface area contributed by atoms with E-state index in [0.29, 0.717) is 27.5 Å². The fourth-order valence-electron chi connectivity index (χ4n) is 2.11. The Morgan fingerprint density at radius 2 is 1.53 bits per heavy atom. The number of rotatable bonds is 1. The van der Waals surface area contributed by atoms with E-state index in [0.717, 1.165) is 4.90 Å². The predicted molar refractivity (Wildman–Crippen MR) is 73.4 cm³/mol. The molecule has 0 fully saturated rings. The standard InChI is InChI=1S/C14H9ClN2O2/c15-11-6-5-8(16)7-12(11)17-13(18)9-3-1-2-4-10(9)14(17)19/h1-7H,16H2. The van der Waals surface area contributed by atoms with E-state index in [4.69, 9.17) is 17.3 Å². The SMILES string of the molecule is Nc1ccc(Cl)c(N2C(=O)c3ccccc3C2=O)c1. The smallest absolute Gasteiger partial charge is 0.266 e. The first-order valence-corrected chi connectivity index (χ1v) is 6.00. The molecule has 0 spiro atoms. The van der Waals surface area contributed by atoms with E-state index in [1.165, 1.54) is 6.07 Å². The molecule has 2 N–H and O–H groups in total. The molecule has 0 aliphatic carbocycles. The Kier molecular flexibility index (Phi) is 2.54. The number of nitrogen functional groups attached to an aromatic ring is 1. The van der Waals surface area contributed by atoms with Crippen molar-refractivity contribution in [3.63, 3.8) is 0 Å². The van der Waals surface area contributed by atoms with Crippen LogP contribution in [0.3, 0.4) is 0 Å². The van der Waals surface area contributed by atoms with Crippen LogP contribution in [-0.4, -0.2) is 11.8 Å². The molecule has 0 aromatic heterocycles. The number of nitrogens with zero attached hydrogens (tertiary/aromatic N) is 1. The number of imide groups is 1. The van der Waals surface area contributed by atoms with E-state index in [1.54, 1.807) is 36.4 Å². The van der Waals surface area contributed by atoms with Crippen molar-refractivity contribution >= 4 is 34.8 Å². The lowest BCUT2D eigenvalue weighted by Crippen LogP contribution is -2.29. The average Bonchev–Trinajstić information content (AvgIpc) is 2.66. The minimum absolute atomic E-state index is 0.309. The first kappa shape index (κ1) is 11.7. The fourth-order valence-corrected chi connectivity index (χ4v) is 2.31. The number of benzene rings is 2. The van der Waals surface area contributed by atoms with Gasteiger partial charge in [0.1, 0.15) is 0 Å². The molecule has 5 heteroatoms. The van der Waals surface area contributed by atoms with E-state index in [9.17, 15) is 9.59 Å². The van der Waals surface area contributed by atoms with Crippen LogP contribution in [0, 0.1) is 0 Å². The zero-order valence-corrected chi connectivity index (χ0v) is 10.5. The van der Waals surface area contributed by atoms with E-state index in [2.05, 4.69) is 0 Å². The van der Waals surface area contributed by atoms with Gasteiger partial charge in [-0.25, -0.2) is 4.90 Å². The van der Waals surface area contributed by atoms with Crippen LogP contribution in [0.1, 0.15) is 20.7 Å². The van der Waals surface area contributed by atoms with Gasteiger partial charge in [0.05, 0.1) is 21.8 Å². The molecule has 94 valence electrons. The third kappa shape index (κ3) is 1.69. The van der Waals surface area contributed by atoms with Crippen molar-refractivity contribution in [3.05, 3.63) is 58.6 Å². The van der Waals surface area contributed by atoms with E-state index >= 15 is 0 Å². The van der Waals surface area contributed by atoms with Crippen molar-refractivity contribution in [1.82, 2.24) is 0 Å². The Labute approximate surface area is 114 Å². The fraction of sp³-hybridized carbons (Fsp3) is 0. The van der Waals surface area contributed by atoms with Gasteiger partial charge in [-0.15, -0.1) is 0 Å². The van der Waals surface area contributed by atoms with E-state index in [1.807, 2.05) is 0 Å². The number of hydrogen-bond donors (Lipinski definition) is 1. The molecule has 0 atom stereocenters. The maximum atomic E-state index is 12.3. The first-order chi connectivity index (χ1) is 9.09. The van der Waals surface area contributed by atoms with Gasteiger partial charge >= 0.3 is 0 Å². The molecular formula is C14H9ClN2O2. The molecule has 0 radical (unpaired) electrons. The molecule has 2 amide bonds. The zero-order chi connectivity index (χ0) is 13.6. The van der Waals surface area contributed by atoms with Gasteiger partial charge in [0.2, 0.25) is 0 Å². The molecular weight excluding hydrogens is 264 g/mol. The van der Waals surface area contributed by atoms with Gasteiger partial charge in [0, 0.05) is 5.69 Å². The summed E-state index contributed by atoms with van der Waals surface area (Å²) in [6.45, 7) is 0. The summed E-state index contributed by atoms with van der Waals surface area (Å²) in [5.74, 6) is -0.763. The summed E-state index contributed by atoms with van der Waals surface area (Å²) >= 11 is 6.05. The van der Waals surface area contributed by atoms with E-state index in [-0.39, 0.29) is 11.8 Å². The number of nitrogens with two attached hydrogens (primary N) is 1. The number of amides is 2. The molecule has 3 rings (SSSR count). The Balaban J connectivity index is 2.17. The molecule has 2 aromatic rings. The van der Waals surface area contributed by atoms with Gasteiger partial charge in [0.15, 0.2) is 0 Å². The molecule has 0 saturated carbocycles. The number of halogens is 1. The Morgan fingerprint density at radius 3 is 2.11 bits per heavy atom. The summed E-state index contributed by atoms with van der Waals surface area (Å²) in [4.78, 5) is 25.6. The molecule has 19 heavy (non-hydrogen) atoms. The second-order valence-electron chi connectivity index (χ2n) is 4.20. The molecule has 1 aliphatic heterocycles. The summed E-state index contributed by atoms with van der Waals surface area (Å²) in [5.41, 5.74) is 7.20. The van der Waals surface area contributed by atoms with Gasteiger partial charge in [0.25, 0.3) is 11.8 Å². The lowest BCUT2D eigenvalue weighted by atomic mass is 10.1. The molecule has 0 unspecified atom stereocenters. The van der Waals surface area contributed by atoms with Crippen molar-refractivity contribution < 1.29 is 9.59 Å². The van der Waals surface area contributed by atoms with Crippen LogP contribution in [0.5, 0.6) is 0 Å². The van der Waals surface area contributed by atoms with Crippen LogP contribution in [0.25, 0.3) is 0 Å². The Morgan fingerprint density at radius 1 is 0.947 bits per heavy atom. The second kappa shape index (κ2) is 4.10. The average molecular weight is 273 g/mol. The number of carbonyl (C=O) groups is 2. The van der Waals surface area contributed by atoms with Crippen molar-refractivity contribution in [2.24, 2.45) is 0 Å². The predicted octanol–water partition coefficient (Wildman–Crippen LogP) is 2.72. The third-order valence-electron chi connectivity index (χ3n) is 3.01. The second-order valence-corrected chi connectivity index (χ2v) is 4.61. The van der Waals surface area contributed by atoms with Gasteiger partial charge in [-0.2, -0.15) is 0 Å². The maximum absolute atomic E-state index is 12.3. The largest absolute Gasteiger partial charge is 0.399 e. The van der Waals surface area contributed by atoms with Gasteiger partial charge in [-0.3, -0.25) is 9.59 Å². The molecule has 1 heterocycles. The Bertz CT molecular complexity index is 677. The molecule has 0 bridgehead atoms. The normalized spacial score (nSPS) is 13.8. The van der Waals surface area contributed by atoms with Gasteiger partial charge < -0.3 is 5.73 Å². The van der Waals surface area contributed by atoms with E-state index < -0.39 is 0 Å². The monoisotopic (exact) mass is 272 g/mol. The topological polar surface area (TPSA) is 63.4 Å². The highest BCUT2D eigenvalue weighted by Crippen LogP contribution is 2.34. The number of anilines is 2. The van der Waals surface area contributed by atoms with Gasteiger partial charge in [-0.05, 0) is 30.3 Å². The minimum Gasteiger partial charge on any atom is -0.399 e. The van der Waals surface area contributed by atoms with Crippen molar-refractivity contribution in [2.45, 2.75) is 0 Å². The lowest BCUT2D eigenvalue weighted by molar-refractivity contribution is 0.0926. The van der Waals surface area contributed by atoms with Gasteiger partial charge in [-0.1, -0.05) is 23.7 Å². The highest BCUT2D eigenvalue weighted by molar-refractivity contribution is 6.39. The number of fused-ring (bicyclic) bond motifs is 1. The lowest BCUT2D eigenvalue weighted by Gasteiger charge is -2.15. The van der Waals surface area contributed by atoms with Crippen molar-refractivity contribution in [3.8, 4) is 0 Å². The quantitative estimate of drug-likeness (QED) is 0.641. The van der Waals surface area contributed by atoms with Crippen LogP contribution in [0.15, 0.2) is 42.5 Å². The summed E-state index contributed by atoms with van der Waals surface area (Å²) < 4.78 is 0. The highest BCUT2D eigenvalue weighted by atomic mass is 35.5. The zero-order valence-electron chi connectivity index (χ0n) is 9.76. The third-order valence-corrected chi connectivity index (χ3v) is 3.32. The highest BCUT2D eigenvalue weighted by Gasteiger charge is 2.37. The summed E-state index contributed by atoms with van der Waals surface area (Å²) in [5, 5.41) is 0.309. The van der Waals surface area contributed by atoms with Crippen molar-refractivity contribution in [1.29, 1.82) is 0 Å². The molecule has 1 aliphatic rings. The maximum Gasteiger partial charge on any atom is 0.266 e. The van der Waals surface area contributed by atoms with Crippen LogP contribution in [0.2, 0.25) is 5.02 Å². The van der Waals surface area contributed by atoms with Crippen LogP contribution in [-0.2, 0) is 0 Å². The number of carbonyl (C=O) groups excluding carboxylic acids is 2. The molecule has 4 nitrogen and oxygen atoms in total. The van der Waals surface area contributed by atoms with Crippen molar-refractivity contribution in [2.75, 3.05) is 10.6 Å². The van der Waals surface area contributed by atoms with Crippen LogP contribution < -0.4 is 10.6 Å². The molecule has 0 saturated heterocycles. The number of hydrogen-bond acceptors (Lipinski definition) is 3. The van der Waals surface area contributed by atoms with Crippen LogP contribution >= 0.6 is 11.6 Å². The summed E-state index contributed by atoms with van der Waals surface area (Å²) in [6.07, 6.45) is 0. The van der Waals surface area contributed by atoms with Crippen LogP contribution in [0.4, 0.5) is 11.4 Å². The minimum atomic E-state index is -0.381.